The van der Waals surface area contributed by atoms with E-state index in [4.69, 9.17) is 23.8 Å². The Hall–Kier alpha value is -3.22. The van der Waals surface area contributed by atoms with Crippen LogP contribution in [0.1, 0.15) is 33.6 Å². The fourth-order valence-corrected chi connectivity index (χ4v) is 4.66. The summed E-state index contributed by atoms with van der Waals surface area (Å²) < 4.78 is 2.07. The molecule has 2 amide bonds. The van der Waals surface area contributed by atoms with Crippen molar-refractivity contribution in [1.29, 1.82) is 0 Å². The second kappa shape index (κ2) is 8.61. The maximum Gasteiger partial charge on any atom is 0.270 e. The molecule has 0 atom stereocenters. The van der Waals surface area contributed by atoms with E-state index >= 15 is 0 Å². The lowest BCUT2D eigenvalue weighted by Crippen LogP contribution is -2.54. The summed E-state index contributed by atoms with van der Waals surface area (Å²) in [6.07, 6.45) is 1.63. The Morgan fingerprint density at radius 2 is 1.64 bits per heavy atom. The zero-order chi connectivity index (χ0) is 24.0. The fraction of sp³-hybridized carbons (Fsp3) is 0.192. The maximum absolute atomic E-state index is 13.4. The minimum atomic E-state index is -0.505. The van der Waals surface area contributed by atoms with Gasteiger partial charge in [-0.2, -0.15) is 0 Å². The lowest BCUT2D eigenvalue weighted by molar-refractivity contribution is -0.122. The predicted octanol–water partition coefficient (Wildman–Crippen LogP) is 5.50. The highest BCUT2D eigenvalue weighted by atomic mass is 35.5. The van der Waals surface area contributed by atoms with Gasteiger partial charge in [0.15, 0.2) is 5.11 Å². The van der Waals surface area contributed by atoms with Crippen molar-refractivity contribution in [2.24, 2.45) is 0 Å². The van der Waals surface area contributed by atoms with Crippen molar-refractivity contribution in [3.05, 3.63) is 86.7 Å². The van der Waals surface area contributed by atoms with E-state index in [-0.39, 0.29) is 10.7 Å². The number of aromatic nitrogens is 1. The van der Waals surface area contributed by atoms with Crippen molar-refractivity contribution in [3.63, 3.8) is 0 Å². The summed E-state index contributed by atoms with van der Waals surface area (Å²) in [4.78, 5) is 27.6. The number of carbonyl (C=O) groups excluding carboxylic acids is 2. The lowest BCUT2D eigenvalue weighted by atomic mass is 10.0. The minimum absolute atomic E-state index is 0.0339. The van der Waals surface area contributed by atoms with E-state index in [0.717, 1.165) is 39.3 Å². The molecule has 5 nitrogen and oxygen atoms in total. The van der Waals surface area contributed by atoms with Crippen LogP contribution >= 0.6 is 23.8 Å². The second-order valence-electron chi connectivity index (χ2n) is 8.34. The first kappa shape index (κ1) is 23.0. The van der Waals surface area contributed by atoms with Gasteiger partial charge in [0.2, 0.25) is 0 Å². The third-order valence-electron chi connectivity index (χ3n) is 5.88. The maximum atomic E-state index is 13.4. The van der Waals surface area contributed by atoms with Crippen LogP contribution < -0.4 is 10.2 Å². The number of aryl methyl sites for hydroxylation is 4. The molecule has 0 unspecified atom stereocenters. The quantitative estimate of drug-likeness (QED) is 0.307. The summed E-state index contributed by atoms with van der Waals surface area (Å²) in [5, 5.41) is 3.38. The molecule has 168 valence electrons. The van der Waals surface area contributed by atoms with Crippen molar-refractivity contribution in [2.75, 3.05) is 4.90 Å². The van der Waals surface area contributed by atoms with Gasteiger partial charge in [-0.3, -0.25) is 19.8 Å². The Morgan fingerprint density at radius 3 is 2.33 bits per heavy atom. The normalized spacial score (nSPS) is 15.4. The van der Waals surface area contributed by atoms with Crippen LogP contribution in [0.4, 0.5) is 5.69 Å². The number of benzene rings is 2. The predicted molar refractivity (Wildman–Crippen MR) is 137 cm³/mol. The van der Waals surface area contributed by atoms with Crippen molar-refractivity contribution >= 4 is 52.5 Å². The molecule has 33 heavy (non-hydrogen) atoms. The topological polar surface area (TPSA) is 54.3 Å². The lowest BCUT2D eigenvalue weighted by Gasteiger charge is -2.30. The van der Waals surface area contributed by atoms with E-state index in [0.29, 0.717) is 10.7 Å². The Morgan fingerprint density at radius 1 is 0.909 bits per heavy atom. The van der Waals surface area contributed by atoms with Crippen LogP contribution in [0, 0.1) is 34.6 Å². The third-order valence-corrected chi connectivity index (χ3v) is 6.40. The number of rotatable bonds is 3. The molecule has 2 heterocycles. The number of hydrogen-bond donors (Lipinski definition) is 1. The summed E-state index contributed by atoms with van der Waals surface area (Å²) in [6, 6.07) is 13.4. The molecule has 4 rings (SSSR count). The smallest absolute Gasteiger partial charge is 0.270 e. The molecule has 0 saturated carbocycles. The number of nitrogens with zero attached hydrogens (tertiary/aromatic N) is 2. The van der Waals surface area contributed by atoms with Crippen LogP contribution in [0.25, 0.3) is 11.8 Å². The molecule has 1 aromatic heterocycles. The van der Waals surface area contributed by atoms with Gasteiger partial charge >= 0.3 is 0 Å². The van der Waals surface area contributed by atoms with Crippen molar-refractivity contribution < 1.29 is 9.59 Å². The van der Waals surface area contributed by atoms with E-state index in [1.165, 1.54) is 4.90 Å². The van der Waals surface area contributed by atoms with Crippen LogP contribution in [0.15, 0.2) is 48.0 Å². The number of halogens is 1. The Balaban J connectivity index is 1.80. The van der Waals surface area contributed by atoms with Crippen molar-refractivity contribution in [2.45, 2.75) is 34.6 Å². The first-order valence-electron chi connectivity index (χ1n) is 10.5. The van der Waals surface area contributed by atoms with E-state index in [1.807, 2.05) is 77.1 Å². The van der Waals surface area contributed by atoms with E-state index in [2.05, 4.69) is 9.88 Å². The number of amides is 2. The van der Waals surface area contributed by atoms with Gasteiger partial charge in [-0.25, -0.2) is 0 Å². The number of hydrogen-bond acceptors (Lipinski definition) is 3. The summed E-state index contributed by atoms with van der Waals surface area (Å²) in [5.41, 5.74) is 7.34. The first-order chi connectivity index (χ1) is 15.6. The highest BCUT2D eigenvalue weighted by Crippen LogP contribution is 2.29. The monoisotopic (exact) mass is 477 g/mol. The van der Waals surface area contributed by atoms with Crippen molar-refractivity contribution in [3.8, 4) is 5.69 Å². The molecule has 0 aliphatic carbocycles. The summed E-state index contributed by atoms with van der Waals surface area (Å²) in [6.45, 7) is 9.85. The van der Waals surface area contributed by atoms with Gasteiger partial charge < -0.3 is 4.57 Å². The van der Waals surface area contributed by atoms with Gasteiger partial charge in [-0.05, 0) is 93.9 Å². The van der Waals surface area contributed by atoms with Crippen LogP contribution in [0.2, 0.25) is 5.02 Å². The third kappa shape index (κ3) is 4.12. The molecule has 0 spiro atoms. The number of anilines is 1. The molecular weight excluding hydrogens is 454 g/mol. The average molecular weight is 478 g/mol. The molecule has 1 saturated heterocycles. The largest absolute Gasteiger partial charge is 0.318 e. The number of carbonyl (C=O) groups is 2. The number of thiocarbonyl (C=S) groups is 1. The summed E-state index contributed by atoms with van der Waals surface area (Å²) >= 11 is 11.6. The molecular formula is C26H24ClN3O2S. The van der Waals surface area contributed by atoms with Gasteiger partial charge in [0, 0.05) is 22.1 Å². The van der Waals surface area contributed by atoms with Crippen LogP contribution in [-0.2, 0) is 9.59 Å². The Labute approximate surface area is 203 Å². The fourth-order valence-electron chi connectivity index (χ4n) is 4.22. The minimum Gasteiger partial charge on any atom is -0.318 e. The average Bonchev–Trinajstić information content (AvgIpc) is 3.01. The van der Waals surface area contributed by atoms with E-state index < -0.39 is 11.8 Å². The van der Waals surface area contributed by atoms with E-state index in [1.54, 1.807) is 6.08 Å². The molecule has 0 bridgehead atoms. The molecule has 7 heteroatoms. The van der Waals surface area contributed by atoms with Crippen molar-refractivity contribution in [1.82, 2.24) is 9.88 Å². The first-order valence-corrected chi connectivity index (χ1v) is 11.3. The Bertz CT molecular complexity index is 1370. The van der Waals surface area contributed by atoms with E-state index in [9.17, 15) is 9.59 Å². The molecule has 1 fully saturated rings. The second-order valence-corrected chi connectivity index (χ2v) is 9.16. The van der Waals surface area contributed by atoms with Crippen LogP contribution in [-0.4, -0.2) is 21.5 Å². The molecule has 2 aromatic carbocycles. The standard InChI is InChI=1S/C26H24ClN3O2S/c1-14-6-9-22(16(3)10-14)30-25(32)21(24(31)28-26(30)33)12-19-11-17(4)29(18(19)5)23-13-20(27)8-7-15(23)2/h6-13H,1-5H3,(H,28,31,33)/b21-12+. The highest BCUT2D eigenvalue weighted by molar-refractivity contribution is 7.80. The van der Waals surface area contributed by atoms with Crippen LogP contribution in [0.5, 0.6) is 0 Å². The molecule has 3 aromatic rings. The number of nitrogens with one attached hydrogen (secondary N) is 1. The Kier molecular flexibility index (Phi) is 5.99. The highest BCUT2D eigenvalue weighted by Gasteiger charge is 2.35. The molecule has 0 radical (unpaired) electrons. The zero-order valence-electron chi connectivity index (χ0n) is 19.1. The van der Waals surface area contributed by atoms with Crippen LogP contribution in [0.3, 0.4) is 0 Å². The molecule has 1 N–H and O–H groups in total. The van der Waals surface area contributed by atoms with Gasteiger partial charge in [-0.1, -0.05) is 35.4 Å². The van der Waals surface area contributed by atoms with Gasteiger partial charge in [0.05, 0.1) is 5.69 Å². The van der Waals surface area contributed by atoms with Gasteiger partial charge in [0.25, 0.3) is 11.8 Å². The molecule has 1 aliphatic rings. The summed E-state index contributed by atoms with van der Waals surface area (Å²) in [5.74, 6) is -0.950. The zero-order valence-corrected chi connectivity index (χ0v) is 20.7. The summed E-state index contributed by atoms with van der Waals surface area (Å²) in [7, 11) is 0. The molecule has 1 aliphatic heterocycles. The van der Waals surface area contributed by atoms with Gasteiger partial charge in [-0.15, -0.1) is 0 Å². The SMILES string of the molecule is Cc1ccc(N2C(=O)/C(=C/c3cc(C)n(-c4cc(Cl)ccc4C)c3C)C(=O)NC2=S)c(C)c1. The van der Waals surface area contributed by atoms with Gasteiger partial charge in [0.1, 0.15) is 5.57 Å².